The molecular formula is C15H19NS. The van der Waals surface area contributed by atoms with Crippen LogP contribution in [-0.4, -0.2) is 18.8 Å². The lowest BCUT2D eigenvalue weighted by Crippen LogP contribution is -2.17. The molecule has 2 aromatic rings. The van der Waals surface area contributed by atoms with Gasteiger partial charge in [-0.15, -0.1) is 11.8 Å². The molecule has 0 bridgehead atoms. The quantitative estimate of drug-likeness (QED) is 0.611. The van der Waals surface area contributed by atoms with Gasteiger partial charge < -0.3 is 5.32 Å². The Balaban J connectivity index is 1.98. The normalized spacial score (nSPS) is 10.9. The van der Waals surface area contributed by atoms with Crippen LogP contribution in [0.3, 0.4) is 0 Å². The van der Waals surface area contributed by atoms with Gasteiger partial charge in [-0.3, -0.25) is 0 Å². The monoisotopic (exact) mass is 245 g/mol. The molecule has 0 aliphatic rings. The van der Waals surface area contributed by atoms with Gasteiger partial charge in [0.05, 0.1) is 0 Å². The molecule has 0 atom stereocenters. The topological polar surface area (TPSA) is 12.0 Å². The summed E-state index contributed by atoms with van der Waals surface area (Å²) in [7, 11) is 0. The van der Waals surface area contributed by atoms with Crippen LogP contribution in [-0.2, 0) is 0 Å². The summed E-state index contributed by atoms with van der Waals surface area (Å²) in [6.45, 7) is 4.41. The van der Waals surface area contributed by atoms with E-state index in [1.807, 2.05) is 11.8 Å². The number of hydrogen-bond acceptors (Lipinski definition) is 2. The fourth-order valence-corrected chi connectivity index (χ4v) is 2.84. The van der Waals surface area contributed by atoms with Crippen molar-refractivity contribution in [1.82, 2.24) is 5.32 Å². The van der Waals surface area contributed by atoms with Crippen LogP contribution in [0, 0.1) is 0 Å². The van der Waals surface area contributed by atoms with Crippen LogP contribution in [0.4, 0.5) is 0 Å². The molecule has 0 heterocycles. The van der Waals surface area contributed by atoms with Gasteiger partial charge in [-0.2, -0.15) is 0 Å². The molecule has 0 aromatic heterocycles. The molecule has 0 radical (unpaired) electrons. The van der Waals surface area contributed by atoms with Crippen LogP contribution < -0.4 is 5.32 Å². The van der Waals surface area contributed by atoms with Gasteiger partial charge in [0.25, 0.3) is 0 Å². The molecule has 0 amide bonds. The minimum Gasteiger partial charge on any atom is -0.316 e. The van der Waals surface area contributed by atoms with Crippen molar-refractivity contribution in [2.24, 2.45) is 0 Å². The Kier molecular flexibility index (Phi) is 4.89. The van der Waals surface area contributed by atoms with E-state index in [9.17, 15) is 0 Å². The van der Waals surface area contributed by atoms with E-state index in [-0.39, 0.29) is 0 Å². The van der Waals surface area contributed by atoms with Gasteiger partial charge in [-0.1, -0.05) is 43.3 Å². The van der Waals surface area contributed by atoms with Gasteiger partial charge in [0, 0.05) is 17.2 Å². The van der Waals surface area contributed by atoms with Crippen LogP contribution in [0.15, 0.2) is 47.4 Å². The fraction of sp³-hybridized carbons (Fsp3) is 0.333. The maximum absolute atomic E-state index is 3.43. The maximum atomic E-state index is 3.43. The molecule has 2 heteroatoms. The summed E-state index contributed by atoms with van der Waals surface area (Å²) in [6.07, 6.45) is 1.21. The van der Waals surface area contributed by atoms with E-state index >= 15 is 0 Å². The van der Waals surface area contributed by atoms with Gasteiger partial charge >= 0.3 is 0 Å². The third-order valence-corrected chi connectivity index (χ3v) is 3.79. The van der Waals surface area contributed by atoms with Gasteiger partial charge in [-0.05, 0) is 29.8 Å². The molecule has 0 aliphatic heterocycles. The van der Waals surface area contributed by atoms with E-state index in [1.165, 1.54) is 22.1 Å². The molecule has 0 fully saturated rings. The van der Waals surface area contributed by atoms with Crippen LogP contribution in [0.1, 0.15) is 13.3 Å². The average molecular weight is 245 g/mol. The zero-order valence-corrected chi connectivity index (χ0v) is 11.1. The summed E-state index contributed by atoms with van der Waals surface area (Å²) < 4.78 is 0. The Morgan fingerprint density at radius 3 is 2.71 bits per heavy atom. The molecule has 17 heavy (non-hydrogen) atoms. The molecule has 1 N–H and O–H groups in total. The van der Waals surface area contributed by atoms with Crippen molar-refractivity contribution in [1.29, 1.82) is 0 Å². The van der Waals surface area contributed by atoms with E-state index < -0.39 is 0 Å². The van der Waals surface area contributed by atoms with Crippen molar-refractivity contribution in [2.45, 2.75) is 18.2 Å². The SMILES string of the molecule is CCCNCCSc1cccc2ccccc12. The second-order valence-corrected chi connectivity index (χ2v) is 5.21. The Morgan fingerprint density at radius 2 is 1.82 bits per heavy atom. The van der Waals surface area contributed by atoms with Crippen molar-refractivity contribution in [3.8, 4) is 0 Å². The minimum atomic E-state index is 1.09. The maximum Gasteiger partial charge on any atom is 0.0151 e. The van der Waals surface area contributed by atoms with Crippen LogP contribution in [0.5, 0.6) is 0 Å². The molecule has 0 aliphatic carbocycles. The highest BCUT2D eigenvalue weighted by atomic mass is 32.2. The summed E-state index contributed by atoms with van der Waals surface area (Å²) in [5.41, 5.74) is 0. The predicted molar refractivity (Wildman–Crippen MR) is 77.8 cm³/mol. The zero-order valence-electron chi connectivity index (χ0n) is 10.3. The molecule has 2 aromatic carbocycles. The van der Waals surface area contributed by atoms with E-state index in [2.05, 4.69) is 54.7 Å². The Hall–Kier alpha value is -0.990. The largest absolute Gasteiger partial charge is 0.316 e. The van der Waals surface area contributed by atoms with Crippen molar-refractivity contribution in [3.05, 3.63) is 42.5 Å². The third-order valence-electron chi connectivity index (χ3n) is 2.71. The molecule has 2 rings (SSSR count). The lowest BCUT2D eigenvalue weighted by Gasteiger charge is -2.06. The standard InChI is InChI=1S/C15H19NS/c1-2-10-16-11-12-17-15-9-5-7-13-6-3-4-8-14(13)15/h3-9,16H,2,10-12H2,1H3. The van der Waals surface area contributed by atoms with E-state index in [0.29, 0.717) is 0 Å². The summed E-state index contributed by atoms with van der Waals surface area (Å²) in [5.74, 6) is 1.13. The van der Waals surface area contributed by atoms with E-state index in [0.717, 1.165) is 18.8 Å². The fourth-order valence-electron chi connectivity index (χ4n) is 1.86. The smallest absolute Gasteiger partial charge is 0.0151 e. The Labute approximate surface area is 108 Å². The first-order chi connectivity index (χ1) is 8.42. The first-order valence-electron chi connectivity index (χ1n) is 6.23. The predicted octanol–water partition coefficient (Wildman–Crippen LogP) is 3.93. The minimum absolute atomic E-state index is 1.09. The summed E-state index contributed by atoms with van der Waals surface area (Å²) in [6, 6.07) is 15.1. The van der Waals surface area contributed by atoms with Gasteiger partial charge in [0.1, 0.15) is 0 Å². The van der Waals surface area contributed by atoms with Crippen LogP contribution in [0.2, 0.25) is 0 Å². The zero-order chi connectivity index (χ0) is 11.9. The second kappa shape index (κ2) is 6.67. The lowest BCUT2D eigenvalue weighted by atomic mass is 10.1. The van der Waals surface area contributed by atoms with Crippen molar-refractivity contribution >= 4 is 22.5 Å². The lowest BCUT2D eigenvalue weighted by molar-refractivity contribution is 0.707. The highest BCUT2D eigenvalue weighted by Gasteiger charge is 1.99. The Bertz CT molecular complexity index is 462. The highest BCUT2D eigenvalue weighted by Crippen LogP contribution is 2.27. The van der Waals surface area contributed by atoms with E-state index in [1.54, 1.807) is 0 Å². The van der Waals surface area contributed by atoms with Gasteiger partial charge in [0.15, 0.2) is 0 Å². The van der Waals surface area contributed by atoms with Gasteiger partial charge in [-0.25, -0.2) is 0 Å². The number of rotatable bonds is 6. The molecule has 1 nitrogen and oxygen atoms in total. The van der Waals surface area contributed by atoms with Crippen molar-refractivity contribution in [2.75, 3.05) is 18.8 Å². The Morgan fingerprint density at radius 1 is 1.00 bits per heavy atom. The number of fused-ring (bicyclic) bond motifs is 1. The number of thioether (sulfide) groups is 1. The number of nitrogens with one attached hydrogen (secondary N) is 1. The van der Waals surface area contributed by atoms with Crippen molar-refractivity contribution < 1.29 is 0 Å². The number of benzene rings is 2. The molecular weight excluding hydrogens is 226 g/mol. The van der Waals surface area contributed by atoms with Crippen LogP contribution >= 0.6 is 11.8 Å². The van der Waals surface area contributed by atoms with E-state index in [4.69, 9.17) is 0 Å². The molecule has 0 saturated heterocycles. The number of hydrogen-bond donors (Lipinski definition) is 1. The molecule has 0 unspecified atom stereocenters. The first kappa shape index (κ1) is 12.5. The molecule has 90 valence electrons. The van der Waals surface area contributed by atoms with Crippen molar-refractivity contribution in [3.63, 3.8) is 0 Å². The summed E-state index contributed by atoms with van der Waals surface area (Å²) in [4.78, 5) is 1.39. The highest BCUT2D eigenvalue weighted by molar-refractivity contribution is 7.99. The third kappa shape index (κ3) is 3.48. The van der Waals surface area contributed by atoms with Gasteiger partial charge in [0.2, 0.25) is 0 Å². The molecule has 0 saturated carbocycles. The average Bonchev–Trinajstić information content (AvgIpc) is 2.39. The first-order valence-corrected chi connectivity index (χ1v) is 7.21. The summed E-state index contributed by atoms with van der Waals surface area (Å²) in [5, 5.41) is 6.14. The molecule has 0 spiro atoms. The second-order valence-electron chi connectivity index (χ2n) is 4.08. The van der Waals surface area contributed by atoms with Crippen LogP contribution in [0.25, 0.3) is 10.8 Å². The summed E-state index contributed by atoms with van der Waals surface area (Å²) >= 11 is 1.94.